The summed E-state index contributed by atoms with van der Waals surface area (Å²) in [5, 5.41) is 8.28. The standard InChI is InChI=1S/C14H11ClN4O2/c1-8-17-12(21-19-8)7-16-14(20)11-6-9-4-2-3-5-10(9)13(15)18-11/h2-6H,7H2,1H3,(H,16,20). The van der Waals surface area contributed by atoms with Crippen LogP contribution in [-0.4, -0.2) is 21.0 Å². The molecule has 0 aliphatic carbocycles. The van der Waals surface area contributed by atoms with Crippen molar-refractivity contribution in [3.8, 4) is 0 Å². The summed E-state index contributed by atoms with van der Waals surface area (Å²) in [5.74, 6) is 0.511. The van der Waals surface area contributed by atoms with Crippen LogP contribution in [0.25, 0.3) is 10.8 Å². The van der Waals surface area contributed by atoms with Gasteiger partial charge in [0.2, 0.25) is 5.89 Å². The summed E-state index contributed by atoms with van der Waals surface area (Å²) in [6.45, 7) is 1.85. The van der Waals surface area contributed by atoms with Crippen LogP contribution in [0.5, 0.6) is 0 Å². The van der Waals surface area contributed by atoms with Gasteiger partial charge in [-0.3, -0.25) is 4.79 Å². The van der Waals surface area contributed by atoms with Gasteiger partial charge in [0.15, 0.2) is 5.82 Å². The van der Waals surface area contributed by atoms with Gasteiger partial charge in [0, 0.05) is 5.39 Å². The van der Waals surface area contributed by atoms with Crippen LogP contribution in [0.15, 0.2) is 34.9 Å². The summed E-state index contributed by atoms with van der Waals surface area (Å²) in [6.07, 6.45) is 0. The van der Waals surface area contributed by atoms with Crippen LogP contribution in [0.3, 0.4) is 0 Å². The van der Waals surface area contributed by atoms with Crippen molar-refractivity contribution in [3.63, 3.8) is 0 Å². The molecule has 1 N–H and O–H groups in total. The number of aryl methyl sites for hydroxylation is 1. The zero-order valence-electron chi connectivity index (χ0n) is 11.1. The highest BCUT2D eigenvalue weighted by Crippen LogP contribution is 2.22. The summed E-state index contributed by atoms with van der Waals surface area (Å²) in [7, 11) is 0. The molecule has 0 spiro atoms. The molecule has 3 aromatic rings. The third-order valence-electron chi connectivity index (χ3n) is 2.90. The van der Waals surface area contributed by atoms with E-state index in [1.54, 1.807) is 13.0 Å². The van der Waals surface area contributed by atoms with Crippen molar-refractivity contribution < 1.29 is 9.32 Å². The number of aromatic nitrogens is 3. The molecule has 0 radical (unpaired) electrons. The summed E-state index contributed by atoms with van der Waals surface area (Å²) in [5.41, 5.74) is 0.245. The van der Waals surface area contributed by atoms with Gasteiger partial charge in [-0.05, 0) is 18.4 Å². The number of hydrogen-bond donors (Lipinski definition) is 1. The van der Waals surface area contributed by atoms with Crippen molar-refractivity contribution in [2.45, 2.75) is 13.5 Å². The second-order valence-electron chi connectivity index (χ2n) is 4.44. The largest absolute Gasteiger partial charge is 0.342 e. The van der Waals surface area contributed by atoms with Gasteiger partial charge in [-0.25, -0.2) is 4.98 Å². The number of carbonyl (C=O) groups excluding carboxylic acids is 1. The monoisotopic (exact) mass is 302 g/mol. The summed E-state index contributed by atoms with van der Waals surface area (Å²) in [4.78, 5) is 20.2. The molecule has 2 heterocycles. The maximum atomic E-state index is 12.1. The predicted molar refractivity (Wildman–Crippen MR) is 77.0 cm³/mol. The van der Waals surface area contributed by atoms with Gasteiger partial charge >= 0.3 is 0 Å². The number of amides is 1. The lowest BCUT2D eigenvalue weighted by Gasteiger charge is -2.05. The van der Waals surface area contributed by atoms with Gasteiger partial charge in [0.25, 0.3) is 5.91 Å². The van der Waals surface area contributed by atoms with Crippen LogP contribution in [0.1, 0.15) is 22.2 Å². The van der Waals surface area contributed by atoms with Gasteiger partial charge in [-0.1, -0.05) is 41.0 Å². The number of hydrogen-bond acceptors (Lipinski definition) is 5. The van der Waals surface area contributed by atoms with Crippen molar-refractivity contribution in [3.05, 3.63) is 52.9 Å². The number of rotatable bonds is 3. The van der Waals surface area contributed by atoms with Crippen LogP contribution in [0, 0.1) is 6.92 Å². The Morgan fingerprint density at radius 3 is 2.90 bits per heavy atom. The van der Waals surface area contributed by atoms with Gasteiger partial charge in [-0.15, -0.1) is 0 Å². The third kappa shape index (κ3) is 2.85. The first-order chi connectivity index (χ1) is 10.1. The van der Waals surface area contributed by atoms with Crippen LogP contribution in [0.4, 0.5) is 0 Å². The molecular formula is C14H11ClN4O2. The first-order valence-electron chi connectivity index (χ1n) is 6.26. The Balaban J connectivity index is 1.81. The number of halogens is 1. The molecule has 1 aromatic carbocycles. The van der Waals surface area contributed by atoms with Gasteiger partial charge in [0.05, 0.1) is 6.54 Å². The molecule has 3 rings (SSSR count). The van der Waals surface area contributed by atoms with E-state index in [0.29, 0.717) is 16.9 Å². The highest BCUT2D eigenvalue weighted by atomic mass is 35.5. The third-order valence-corrected chi connectivity index (χ3v) is 3.18. The maximum absolute atomic E-state index is 12.1. The van der Waals surface area contributed by atoms with Crippen LogP contribution in [0.2, 0.25) is 5.15 Å². The van der Waals surface area contributed by atoms with E-state index in [9.17, 15) is 4.79 Å². The minimum Gasteiger partial charge on any atom is -0.342 e. The molecule has 1 amide bonds. The number of nitrogens with zero attached hydrogens (tertiary/aromatic N) is 3. The average Bonchev–Trinajstić information content (AvgIpc) is 2.90. The molecule has 21 heavy (non-hydrogen) atoms. The Morgan fingerprint density at radius 1 is 1.33 bits per heavy atom. The first-order valence-corrected chi connectivity index (χ1v) is 6.64. The highest BCUT2D eigenvalue weighted by molar-refractivity contribution is 6.34. The van der Waals surface area contributed by atoms with Gasteiger partial charge in [-0.2, -0.15) is 4.98 Å². The Bertz CT molecular complexity index is 816. The molecule has 0 aliphatic heterocycles. The van der Waals surface area contributed by atoms with E-state index < -0.39 is 0 Å². The molecule has 7 heteroatoms. The Morgan fingerprint density at radius 2 is 2.14 bits per heavy atom. The zero-order valence-corrected chi connectivity index (χ0v) is 11.9. The molecule has 0 saturated carbocycles. The van der Waals surface area contributed by atoms with Crippen LogP contribution >= 0.6 is 11.6 Å². The summed E-state index contributed by atoms with van der Waals surface area (Å²) < 4.78 is 4.92. The molecular weight excluding hydrogens is 292 g/mol. The molecule has 0 fully saturated rings. The minimum absolute atomic E-state index is 0.145. The lowest BCUT2D eigenvalue weighted by molar-refractivity contribution is 0.0941. The zero-order chi connectivity index (χ0) is 14.8. The van der Waals surface area contributed by atoms with Crippen LogP contribution < -0.4 is 5.32 Å². The van der Waals surface area contributed by atoms with Crippen molar-refractivity contribution in [2.75, 3.05) is 0 Å². The molecule has 2 aromatic heterocycles. The molecule has 106 valence electrons. The second-order valence-corrected chi connectivity index (χ2v) is 4.80. The van der Waals surface area contributed by atoms with Crippen molar-refractivity contribution in [1.29, 1.82) is 0 Å². The average molecular weight is 303 g/mol. The van der Waals surface area contributed by atoms with Crippen molar-refractivity contribution in [1.82, 2.24) is 20.4 Å². The van der Waals surface area contributed by atoms with E-state index in [-0.39, 0.29) is 18.1 Å². The number of benzene rings is 1. The quantitative estimate of drug-likeness (QED) is 0.752. The topological polar surface area (TPSA) is 80.9 Å². The molecule has 0 unspecified atom stereocenters. The van der Waals surface area contributed by atoms with E-state index in [4.69, 9.17) is 16.1 Å². The minimum atomic E-state index is -0.349. The van der Waals surface area contributed by atoms with Gasteiger partial charge < -0.3 is 9.84 Å². The first kappa shape index (κ1) is 13.5. The van der Waals surface area contributed by atoms with Gasteiger partial charge in [0.1, 0.15) is 10.8 Å². The Hall–Kier alpha value is -2.47. The SMILES string of the molecule is Cc1noc(CNC(=O)c2cc3ccccc3c(Cl)n2)n1. The fraction of sp³-hybridized carbons (Fsp3) is 0.143. The molecule has 0 saturated heterocycles. The number of carbonyl (C=O) groups is 1. The molecule has 6 nitrogen and oxygen atoms in total. The van der Waals surface area contributed by atoms with Crippen LogP contribution in [-0.2, 0) is 6.54 Å². The second kappa shape index (κ2) is 5.49. The molecule has 0 atom stereocenters. The van der Waals surface area contributed by atoms with E-state index in [1.807, 2.05) is 24.3 Å². The summed E-state index contributed by atoms with van der Waals surface area (Å²) >= 11 is 6.09. The number of pyridine rings is 1. The number of nitrogens with one attached hydrogen (secondary N) is 1. The number of fused-ring (bicyclic) bond motifs is 1. The fourth-order valence-electron chi connectivity index (χ4n) is 1.93. The predicted octanol–water partition coefficient (Wildman–Crippen LogP) is 2.51. The van der Waals surface area contributed by atoms with Crippen molar-refractivity contribution >= 4 is 28.3 Å². The van der Waals surface area contributed by atoms with E-state index in [1.165, 1.54) is 0 Å². The Labute approximate surface area is 125 Å². The van der Waals surface area contributed by atoms with E-state index in [2.05, 4.69) is 20.4 Å². The highest BCUT2D eigenvalue weighted by Gasteiger charge is 2.12. The Kier molecular flexibility index (Phi) is 3.53. The lowest BCUT2D eigenvalue weighted by atomic mass is 10.1. The normalized spacial score (nSPS) is 10.8. The molecule has 0 aliphatic rings. The van der Waals surface area contributed by atoms with Crippen molar-refractivity contribution in [2.24, 2.45) is 0 Å². The smallest absolute Gasteiger partial charge is 0.270 e. The fourth-order valence-corrected chi connectivity index (χ4v) is 2.19. The van der Waals surface area contributed by atoms with E-state index in [0.717, 1.165) is 10.8 Å². The van der Waals surface area contributed by atoms with E-state index >= 15 is 0 Å². The maximum Gasteiger partial charge on any atom is 0.270 e. The lowest BCUT2D eigenvalue weighted by Crippen LogP contribution is -2.24. The summed E-state index contributed by atoms with van der Waals surface area (Å²) in [6, 6.07) is 9.17. The molecule has 0 bridgehead atoms.